The molecular weight excluding hydrogens is 424 g/mol. The molecule has 174 valence electrons. The summed E-state index contributed by atoms with van der Waals surface area (Å²) in [6.45, 7) is 8.43. The number of aromatic nitrogens is 2. The quantitative estimate of drug-likeness (QED) is 0.388. The minimum atomic E-state index is -0.443. The van der Waals surface area contributed by atoms with Crippen molar-refractivity contribution in [2.45, 2.75) is 40.2 Å². The van der Waals surface area contributed by atoms with Crippen molar-refractivity contribution in [3.8, 4) is 5.69 Å². The molecule has 0 spiro atoms. The molecule has 34 heavy (non-hydrogen) atoms. The molecule has 1 unspecified atom stereocenters. The molecule has 1 heterocycles. The Labute approximate surface area is 199 Å². The first-order chi connectivity index (χ1) is 16.4. The first-order valence-corrected chi connectivity index (χ1v) is 11.6. The van der Waals surface area contributed by atoms with Gasteiger partial charge in [-0.1, -0.05) is 49.4 Å². The number of benzene rings is 3. The van der Waals surface area contributed by atoms with Crippen LogP contribution in [0.2, 0.25) is 0 Å². The molecule has 0 aliphatic heterocycles. The van der Waals surface area contributed by atoms with Gasteiger partial charge in [-0.2, -0.15) is 0 Å². The van der Waals surface area contributed by atoms with Gasteiger partial charge in [0.15, 0.2) is 0 Å². The van der Waals surface area contributed by atoms with Crippen molar-refractivity contribution in [2.24, 2.45) is 0 Å². The number of hydrogen-bond donors (Lipinski definition) is 1. The van der Waals surface area contributed by atoms with E-state index in [2.05, 4.69) is 5.32 Å². The van der Waals surface area contributed by atoms with Gasteiger partial charge in [0.1, 0.15) is 5.82 Å². The number of nitrogens with one attached hydrogen (secondary N) is 1. The van der Waals surface area contributed by atoms with E-state index < -0.39 is 6.04 Å². The number of urea groups is 1. The van der Waals surface area contributed by atoms with E-state index in [4.69, 9.17) is 4.98 Å². The predicted octanol–water partition coefficient (Wildman–Crippen LogP) is 6.01. The molecular formula is C28H30N4O2. The van der Waals surface area contributed by atoms with Crippen molar-refractivity contribution in [3.05, 3.63) is 100 Å². The fourth-order valence-corrected chi connectivity index (χ4v) is 4.20. The van der Waals surface area contributed by atoms with E-state index in [1.807, 2.05) is 94.4 Å². The van der Waals surface area contributed by atoms with Crippen LogP contribution in [0.5, 0.6) is 0 Å². The average Bonchev–Trinajstić information content (AvgIpc) is 2.83. The third-order valence-corrected chi connectivity index (χ3v) is 6.01. The number of nitrogens with zero attached hydrogens (tertiary/aromatic N) is 3. The largest absolute Gasteiger partial charge is 0.322 e. The number of rotatable bonds is 6. The van der Waals surface area contributed by atoms with Gasteiger partial charge in [0.25, 0.3) is 5.56 Å². The second-order valence-electron chi connectivity index (χ2n) is 8.58. The normalized spacial score (nSPS) is 11.9. The second-order valence-corrected chi connectivity index (χ2v) is 8.58. The summed E-state index contributed by atoms with van der Waals surface area (Å²) in [7, 11) is 0. The average molecular weight is 455 g/mol. The number of amides is 2. The van der Waals surface area contributed by atoms with Crippen molar-refractivity contribution < 1.29 is 4.79 Å². The van der Waals surface area contributed by atoms with E-state index in [1.54, 1.807) is 15.5 Å². The zero-order valence-corrected chi connectivity index (χ0v) is 20.1. The molecule has 2 amide bonds. The van der Waals surface area contributed by atoms with Gasteiger partial charge >= 0.3 is 6.03 Å². The third kappa shape index (κ3) is 4.57. The molecule has 1 N–H and O–H groups in total. The molecule has 0 aliphatic rings. The van der Waals surface area contributed by atoms with E-state index in [-0.39, 0.29) is 11.6 Å². The van der Waals surface area contributed by atoms with Crippen LogP contribution >= 0.6 is 0 Å². The SMILES string of the molecule is CCCN(C(=O)Nc1ccccc1C)C(C)c1nc2ccccc2c(=O)n1-c1cccc(C)c1. The molecule has 0 saturated heterocycles. The molecule has 6 nitrogen and oxygen atoms in total. The molecule has 4 rings (SSSR count). The van der Waals surface area contributed by atoms with Crippen LogP contribution in [0.15, 0.2) is 77.6 Å². The van der Waals surface area contributed by atoms with Gasteiger partial charge in [0, 0.05) is 12.2 Å². The summed E-state index contributed by atoms with van der Waals surface area (Å²) >= 11 is 0. The van der Waals surface area contributed by atoms with Crippen LogP contribution in [0, 0.1) is 13.8 Å². The Balaban J connectivity index is 1.84. The molecule has 1 aromatic heterocycles. The minimum Gasteiger partial charge on any atom is -0.315 e. The van der Waals surface area contributed by atoms with Crippen molar-refractivity contribution in [1.82, 2.24) is 14.5 Å². The molecule has 6 heteroatoms. The van der Waals surface area contributed by atoms with Crippen LogP contribution in [0.25, 0.3) is 16.6 Å². The standard InChI is InChI=1S/C28H30N4O2/c1-5-17-31(28(34)30-24-15-8-6-12-20(24)3)21(4)26-29-25-16-9-7-14-23(25)27(33)32(26)22-13-10-11-19(2)18-22/h6-16,18,21H,5,17H2,1-4H3,(H,30,34). The van der Waals surface area contributed by atoms with Gasteiger partial charge in [-0.25, -0.2) is 9.78 Å². The Morgan fingerprint density at radius 2 is 1.76 bits per heavy atom. The van der Waals surface area contributed by atoms with Crippen molar-refractivity contribution in [3.63, 3.8) is 0 Å². The topological polar surface area (TPSA) is 67.2 Å². The maximum absolute atomic E-state index is 13.7. The summed E-state index contributed by atoms with van der Waals surface area (Å²) in [5.41, 5.74) is 4.01. The first-order valence-electron chi connectivity index (χ1n) is 11.6. The summed E-state index contributed by atoms with van der Waals surface area (Å²) in [4.78, 5) is 33.7. The van der Waals surface area contributed by atoms with Gasteiger partial charge in [0.2, 0.25) is 0 Å². The van der Waals surface area contributed by atoms with E-state index in [0.717, 1.165) is 28.9 Å². The number of para-hydroxylation sites is 2. The summed E-state index contributed by atoms with van der Waals surface area (Å²) in [5, 5.41) is 3.59. The van der Waals surface area contributed by atoms with Gasteiger partial charge in [0.05, 0.1) is 22.6 Å². The van der Waals surface area contributed by atoms with Gasteiger partial charge < -0.3 is 10.2 Å². The highest BCUT2D eigenvalue weighted by atomic mass is 16.2. The fraction of sp³-hybridized carbons (Fsp3) is 0.250. The Hall–Kier alpha value is -3.93. The summed E-state index contributed by atoms with van der Waals surface area (Å²) < 4.78 is 1.64. The molecule has 0 aliphatic carbocycles. The zero-order chi connectivity index (χ0) is 24.2. The highest BCUT2D eigenvalue weighted by Gasteiger charge is 2.26. The van der Waals surface area contributed by atoms with E-state index in [0.29, 0.717) is 23.3 Å². The third-order valence-electron chi connectivity index (χ3n) is 6.01. The van der Waals surface area contributed by atoms with Gasteiger partial charge in [-0.3, -0.25) is 9.36 Å². The van der Waals surface area contributed by atoms with Gasteiger partial charge in [-0.05, 0) is 68.7 Å². The molecule has 0 bridgehead atoms. The highest BCUT2D eigenvalue weighted by Crippen LogP contribution is 2.25. The monoisotopic (exact) mass is 454 g/mol. The summed E-state index contributed by atoms with van der Waals surface area (Å²) in [5.74, 6) is 0.530. The van der Waals surface area contributed by atoms with E-state index >= 15 is 0 Å². The number of anilines is 1. The number of hydrogen-bond acceptors (Lipinski definition) is 3. The lowest BCUT2D eigenvalue weighted by Crippen LogP contribution is -2.40. The summed E-state index contributed by atoms with van der Waals surface area (Å²) in [6, 6.07) is 22.2. The maximum atomic E-state index is 13.7. The number of fused-ring (bicyclic) bond motifs is 1. The fourth-order valence-electron chi connectivity index (χ4n) is 4.20. The molecule has 0 radical (unpaired) electrons. The Morgan fingerprint density at radius 1 is 1.03 bits per heavy atom. The highest BCUT2D eigenvalue weighted by molar-refractivity contribution is 5.90. The van der Waals surface area contributed by atoms with Gasteiger partial charge in [-0.15, -0.1) is 0 Å². The van der Waals surface area contributed by atoms with Crippen LogP contribution in [0.1, 0.15) is 43.3 Å². The number of aryl methyl sites for hydroxylation is 2. The number of carbonyl (C=O) groups excluding carboxylic acids is 1. The van der Waals surface area contributed by atoms with E-state index in [9.17, 15) is 9.59 Å². The molecule has 0 fully saturated rings. The lowest BCUT2D eigenvalue weighted by Gasteiger charge is -2.30. The van der Waals surface area contributed by atoms with Crippen LogP contribution in [-0.4, -0.2) is 27.0 Å². The van der Waals surface area contributed by atoms with Crippen molar-refractivity contribution in [1.29, 1.82) is 0 Å². The van der Waals surface area contributed by atoms with Crippen LogP contribution in [0.4, 0.5) is 10.5 Å². The predicted molar refractivity (Wildman–Crippen MR) is 138 cm³/mol. The lowest BCUT2D eigenvalue weighted by atomic mass is 10.1. The Bertz CT molecular complexity index is 1390. The maximum Gasteiger partial charge on any atom is 0.322 e. The van der Waals surface area contributed by atoms with Crippen LogP contribution in [0.3, 0.4) is 0 Å². The van der Waals surface area contributed by atoms with Crippen LogP contribution in [-0.2, 0) is 0 Å². The number of carbonyl (C=O) groups is 1. The Morgan fingerprint density at radius 3 is 2.50 bits per heavy atom. The Kier molecular flexibility index (Phi) is 6.77. The van der Waals surface area contributed by atoms with Crippen molar-refractivity contribution in [2.75, 3.05) is 11.9 Å². The molecule has 1 atom stereocenters. The lowest BCUT2D eigenvalue weighted by molar-refractivity contribution is 0.189. The molecule has 0 saturated carbocycles. The zero-order valence-electron chi connectivity index (χ0n) is 20.1. The van der Waals surface area contributed by atoms with Crippen LogP contribution < -0.4 is 10.9 Å². The molecule has 4 aromatic rings. The summed E-state index contributed by atoms with van der Waals surface area (Å²) in [6.07, 6.45) is 0.772. The minimum absolute atomic E-state index is 0.145. The van der Waals surface area contributed by atoms with E-state index in [1.165, 1.54) is 0 Å². The van der Waals surface area contributed by atoms with Crippen molar-refractivity contribution >= 4 is 22.6 Å². The smallest absolute Gasteiger partial charge is 0.315 e. The molecule has 3 aromatic carbocycles. The first kappa shape index (κ1) is 23.2. The second kappa shape index (κ2) is 9.91.